The molecule has 2 rings (SSSR count). The second-order valence-corrected chi connectivity index (χ2v) is 5.63. The molecule has 1 nitrogen and oxygen atoms in total. The van der Waals surface area contributed by atoms with Gasteiger partial charge in [-0.15, -0.1) is 11.6 Å². The number of ether oxygens (including phenoxy) is 1. The molecule has 2 aromatic carbocycles. The van der Waals surface area contributed by atoms with E-state index in [1.54, 1.807) is 12.1 Å². The highest BCUT2D eigenvalue weighted by molar-refractivity contribution is 6.22. The van der Waals surface area contributed by atoms with Crippen LogP contribution in [0.25, 0.3) is 0 Å². The number of hydrogen-bond acceptors (Lipinski definition) is 1. The van der Waals surface area contributed by atoms with Crippen LogP contribution >= 0.6 is 11.6 Å². The van der Waals surface area contributed by atoms with E-state index >= 15 is 0 Å². The molecule has 0 aliphatic heterocycles. The van der Waals surface area contributed by atoms with Crippen molar-refractivity contribution >= 4 is 11.6 Å². The van der Waals surface area contributed by atoms with Crippen molar-refractivity contribution < 1.29 is 13.5 Å². The third kappa shape index (κ3) is 3.35. The van der Waals surface area contributed by atoms with Crippen LogP contribution in [0.15, 0.2) is 36.4 Å². The molecule has 0 bridgehead atoms. The van der Waals surface area contributed by atoms with E-state index in [-0.39, 0.29) is 11.3 Å². The standard InChI is InChI=1S/C17H17ClF2O/c1-10(2)11-4-6-12(7-5-11)17(18)16-14(19)8-13(21-3)9-15(16)20/h4-10,17H,1-3H3. The summed E-state index contributed by atoms with van der Waals surface area (Å²) in [6, 6.07) is 9.72. The molecule has 0 saturated heterocycles. The Bertz CT molecular complexity index is 600. The molecule has 0 amide bonds. The smallest absolute Gasteiger partial charge is 0.134 e. The second-order valence-electron chi connectivity index (χ2n) is 5.19. The number of alkyl halides is 1. The lowest BCUT2D eigenvalue weighted by Gasteiger charge is -2.15. The predicted molar refractivity (Wildman–Crippen MR) is 81.1 cm³/mol. The fourth-order valence-corrected chi connectivity index (χ4v) is 2.49. The molecule has 0 spiro atoms. The molecule has 21 heavy (non-hydrogen) atoms. The Hall–Kier alpha value is -1.61. The molecule has 0 N–H and O–H groups in total. The van der Waals surface area contributed by atoms with Crippen LogP contribution in [-0.2, 0) is 0 Å². The maximum absolute atomic E-state index is 14.0. The van der Waals surface area contributed by atoms with Gasteiger partial charge in [-0.25, -0.2) is 8.78 Å². The van der Waals surface area contributed by atoms with Crippen LogP contribution in [0.3, 0.4) is 0 Å². The van der Waals surface area contributed by atoms with Gasteiger partial charge in [0.2, 0.25) is 0 Å². The first-order chi connectivity index (χ1) is 9.93. The summed E-state index contributed by atoms with van der Waals surface area (Å²) in [5, 5.41) is -0.878. The SMILES string of the molecule is COc1cc(F)c(C(Cl)c2ccc(C(C)C)cc2)c(F)c1. The van der Waals surface area contributed by atoms with Crippen LogP contribution in [0.2, 0.25) is 0 Å². The van der Waals surface area contributed by atoms with Gasteiger partial charge in [-0.1, -0.05) is 38.1 Å². The van der Waals surface area contributed by atoms with Crippen molar-refractivity contribution in [3.05, 3.63) is 64.7 Å². The van der Waals surface area contributed by atoms with Crippen molar-refractivity contribution in [1.29, 1.82) is 0 Å². The molecule has 0 aromatic heterocycles. The van der Waals surface area contributed by atoms with Gasteiger partial charge in [0.25, 0.3) is 0 Å². The number of hydrogen-bond donors (Lipinski definition) is 0. The Balaban J connectivity index is 2.37. The summed E-state index contributed by atoms with van der Waals surface area (Å²) in [5.74, 6) is -0.894. The Morgan fingerprint density at radius 3 is 1.86 bits per heavy atom. The second kappa shape index (κ2) is 6.44. The highest BCUT2D eigenvalue weighted by Crippen LogP contribution is 2.35. The van der Waals surface area contributed by atoms with Crippen molar-refractivity contribution in [3.8, 4) is 5.75 Å². The third-order valence-electron chi connectivity index (χ3n) is 3.44. The van der Waals surface area contributed by atoms with E-state index in [9.17, 15) is 8.78 Å². The largest absolute Gasteiger partial charge is 0.497 e. The average molecular weight is 311 g/mol. The van der Waals surface area contributed by atoms with Gasteiger partial charge in [0, 0.05) is 17.7 Å². The molecule has 1 atom stereocenters. The Labute approximate surface area is 128 Å². The average Bonchev–Trinajstić information content (AvgIpc) is 2.46. The fourth-order valence-electron chi connectivity index (χ4n) is 2.14. The van der Waals surface area contributed by atoms with Crippen LogP contribution in [0.4, 0.5) is 8.78 Å². The first-order valence-corrected chi connectivity index (χ1v) is 7.14. The Morgan fingerprint density at radius 2 is 1.43 bits per heavy atom. The summed E-state index contributed by atoms with van der Waals surface area (Å²) in [6.07, 6.45) is 0. The molecule has 0 radical (unpaired) electrons. The minimum Gasteiger partial charge on any atom is -0.497 e. The fraction of sp³-hybridized carbons (Fsp3) is 0.294. The van der Waals surface area contributed by atoms with Crippen LogP contribution in [0.5, 0.6) is 5.75 Å². The topological polar surface area (TPSA) is 9.23 Å². The van der Waals surface area contributed by atoms with Gasteiger partial charge >= 0.3 is 0 Å². The molecule has 0 saturated carbocycles. The molecule has 0 aliphatic carbocycles. The maximum atomic E-state index is 14.0. The summed E-state index contributed by atoms with van der Waals surface area (Å²) in [6.45, 7) is 4.16. The van der Waals surface area contributed by atoms with Gasteiger partial charge in [-0.05, 0) is 17.0 Å². The summed E-state index contributed by atoms with van der Waals surface area (Å²) < 4.78 is 32.9. The van der Waals surface area contributed by atoms with Crippen molar-refractivity contribution in [2.45, 2.75) is 25.1 Å². The molecule has 4 heteroatoms. The first kappa shape index (κ1) is 15.8. The van der Waals surface area contributed by atoms with Gasteiger partial charge in [-0.2, -0.15) is 0 Å². The molecule has 112 valence electrons. The van der Waals surface area contributed by atoms with Crippen molar-refractivity contribution in [2.75, 3.05) is 7.11 Å². The van der Waals surface area contributed by atoms with E-state index in [1.165, 1.54) is 7.11 Å². The zero-order valence-electron chi connectivity index (χ0n) is 12.2. The van der Waals surface area contributed by atoms with E-state index in [4.69, 9.17) is 16.3 Å². The lowest BCUT2D eigenvalue weighted by Crippen LogP contribution is -2.02. The lowest BCUT2D eigenvalue weighted by molar-refractivity contribution is 0.405. The lowest BCUT2D eigenvalue weighted by atomic mass is 9.98. The maximum Gasteiger partial charge on any atom is 0.134 e. The number of halogens is 3. The molecule has 1 unspecified atom stereocenters. The first-order valence-electron chi connectivity index (χ1n) is 6.71. The van der Waals surface area contributed by atoms with Crippen molar-refractivity contribution in [3.63, 3.8) is 0 Å². The van der Waals surface area contributed by atoms with Crippen LogP contribution in [-0.4, -0.2) is 7.11 Å². The van der Waals surface area contributed by atoms with Crippen LogP contribution in [0.1, 0.15) is 41.8 Å². The number of methoxy groups -OCH3 is 1. The molecular formula is C17H17ClF2O. The molecule has 0 aliphatic rings. The van der Waals surface area contributed by atoms with Crippen molar-refractivity contribution in [1.82, 2.24) is 0 Å². The zero-order valence-corrected chi connectivity index (χ0v) is 12.9. The number of rotatable bonds is 4. The molecular weight excluding hydrogens is 294 g/mol. The highest BCUT2D eigenvalue weighted by Gasteiger charge is 2.21. The summed E-state index contributed by atoms with van der Waals surface area (Å²) in [4.78, 5) is 0. The Morgan fingerprint density at radius 1 is 0.952 bits per heavy atom. The quantitative estimate of drug-likeness (QED) is 0.685. The highest BCUT2D eigenvalue weighted by atomic mass is 35.5. The van der Waals surface area contributed by atoms with Crippen molar-refractivity contribution in [2.24, 2.45) is 0 Å². The van der Waals surface area contributed by atoms with E-state index in [0.717, 1.165) is 17.7 Å². The Kier molecular flexibility index (Phi) is 4.84. The minimum atomic E-state index is -0.878. The monoisotopic (exact) mass is 310 g/mol. The van der Waals surface area contributed by atoms with E-state index in [0.29, 0.717) is 11.5 Å². The predicted octanol–water partition coefficient (Wildman–Crippen LogP) is 5.43. The zero-order chi connectivity index (χ0) is 15.6. The van der Waals surface area contributed by atoms with Gasteiger partial charge in [0.1, 0.15) is 17.4 Å². The van der Waals surface area contributed by atoms with Crippen LogP contribution < -0.4 is 4.74 Å². The normalized spacial score (nSPS) is 12.5. The van der Waals surface area contributed by atoms with E-state index < -0.39 is 17.0 Å². The summed E-state index contributed by atoms with van der Waals surface area (Å²) in [7, 11) is 1.36. The summed E-state index contributed by atoms with van der Waals surface area (Å²) >= 11 is 6.25. The van der Waals surface area contributed by atoms with E-state index in [1.807, 2.05) is 12.1 Å². The third-order valence-corrected chi connectivity index (χ3v) is 3.91. The minimum absolute atomic E-state index is 0.132. The van der Waals surface area contributed by atoms with Gasteiger partial charge < -0.3 is 4.74 Å². The number of benzene rings is 2. The summed E-state index contributed by atoms with van der Waals surface area (Å²) in [5.41, 5.74) is 1.65. The molecule has 0 fully saturated rings. The van der Waals surface area contributed by atoms with E-state index in [2.05, 4.69) is 13.8 Å². The molecule has 0 heterocycles. The van der Waals surface area contributed by atoms with Gasteiger partial charge in [0.05, 0.1) is 12.5 Å². The van der Waals surface area contributed by atoms with Gasteiger partial charge in [0.15, 0.2) is 0 Å². The van der Waals surface area contributed by atoms with Crippen LogP contribution in [0, 0.1) is 11.6 Å². The molecule has 2 aromatic rings. The van der Waals surface area contributed by atoms with Gasteiger partial charge in [-0.3, -0.25) is 0 Å².